The first-order chi connectivity index (χ1) is 8.01. The normalized spacial score (nSPS) is 26.6. The summed E-state index contributed by atoms with van der Waals surface area (Å²) in [6.45, 7) is 1.67. The molecule has 1 aromatic carbocycles. The lowest BCUT2D eigenvalue weighted by Crippen LogP contribution is -2.50. The lowest BCUT2D eigenvalue weighted by Gasteiger charge is -2.39. The van der Waals surface area contributed by atoms with Gasteiger partial charge in [0.05, 0.1) is 11.3 Å². The van der Waals surface area contributed by atoms with Crippen molar-refractivity contribution in [3.8, 4) is 0 Å². The summed E-state index contributed by atoms with van der Waals surface area (Å²) in [6, 6.07) is 3.73. The maximum Gasteiger partial charge on any atom is 0.342 e. The number of nitrogens with zero attached hydrogens (tertiary/aromatic N) is 1. The van der Waals surface area contributed by atoms with Crippen LogP contribution in [-0.4, -0.2) is 17.6 Å². The van der Waals surface area contributed by atoms with E-state index in [1.54, 1.807) is 6.92 Å². The molecule has 1 aromatic rings. The molecule has 1 unspecified atom stereocenters. The Morgan fingerprint density at radius 1 is 1.41 bits per heavy atom. The van der Waals surface area contributed by atoms with Crippen molar-refractivity contribution in [2.24, 2.45) is 0 Å². The average Bonchev–Trinajstić information content (AvgIpc) is 2.54. The van der Waals surface area contributed by atoms with Gasteiger partial charge in [0.1, 0.15) is 5.82 Å². The van der Waals surface area contributed by atoms with Gasteiger partial charge in [-0.2, -0.15) is 0 Å². The lowest BCUT2D eigenvalue weighted by molar-refractivity contribution is -0.118. The number of carbonyl (C=O) groups is 2. The van der Waals surface area contributed by atoms with E-state index >= 15 is 0 Å². The highest BCUT2D eigenvalue weighted by Crippen LogP contribution is 2.42. The van der Waals surface area contributed by atoms with Crippen molar-refractivity contribution in [3.05, 3.63) is 29.6 Å². The number of benzene rings is 1. The molecule has 1 atom stereocenters. The van der Waals surface area contributed by atoms with Crippen molar-refractivity contribution in [1.82, 2.24) is 0 Å². The van der Waals surface area contributed by atoms with Crippen LogP contribution in [0.5, 0.6) is 0 Å². The Bertz CT molecular complexity index is 543. The summed E-state index contributed by atoms with van der Waals surface area (Å²) >= 11 is 0. The van der Waals surface area contributed by atoms with E-state index in [9.17, 15) is 14.0 Å². The molecule has 1 saturated heterocycles. The van der Waals surface area contributed by atoms with Crippen LogP contribution < -0.4 is 4.90 Å². The van der Waals surface area contributed by atoms with E-state index in [2.05, 4.69) is 0 Å². The van der Waals surface area contributed by atoms with Crippen LogP contribution in [0.1, 0.15) is 30.1 Å². The van der Waals surface area contributed by atoms with E-state index in [1.807, 2.05) is 0 Å². The number of hydrogen-bond acceptors (Lipinski definition) is 3. The molecule has 0 bridgehead atoms. The van der Waals surface area contributed by atoms with Crippen molar-refractivity contribution in [2.75, 3.05) is 4.90 Å². The molecule has 0 aliphatic carbocycles. The summed E-state index contributed by atoms with van der Waals surface area (Å²) in [5, 5.41) is 0. The minimum atomic E-state index is -0.963. The van der Waals surface area contributed by atoms with Gasteiger partial charge < -0.3 is 4.74 Å². The van der Waals surface area contributed by atoms with Crippen LogP contribution in [0.4, 0.5) is 10.1 Å². The summed E-state index contributed by atoms with van der Waals surface area (Å²) in [4.78, 5) is 25.0. The molecular formula is C12H10FNO3. The number of esters is 1. The predicted octanol–water partition coefficient (Wildman–Crippen LogP) is 1.84. The number of halogens is 1. The molecule has 5 heteroatoms. The molecule has 3 rings (SSSR count). The van der Waals surface area contributed by atoms with Gasteiger partial charge in [-0.05, 0) is 25.1 Å². The molecule has 2 heterocycles. The maximum absolute atomic E-state index is 13.2. The zero-order valence-corrected chi connectivity index (χ0v) is 9.20. The molecule has 1 fully saturated rings. The first kappa shape index (κ1) is 10.3. The van der Waals surface area contributed by atoms with Gasteiger partial charge in [-0.25, -0.2) is 9.18 Å². The molecule has 0 aromatic heterocycles. The van der Waals surface area contributed by atoms with Crippen LogP contribution in [0.2, 0.25) is 0 Å². The zero-order chi connectivity index (χ0) is 12.2. The summed E-state index contributed by atoms with van der Waals surface area (Å²) in [5.74, 6) is -1.12. The van der Waals surface area contributed by atoms with Crippen molar-refractivity contribution in [3.63, 3.8) is 0 Å². The van der Waals surface area contributed by atoms with Crippen LogP contribution in [-0.2, 0) is 9.53 Å². The van der Waals surface area contributed by atoms with Gasteiger partial charge in [-0.15, -0.1) is 0 Å². The largest absolute Gasteiger partial charge is 0.435 e. The van der Waals surface area contributed by atoms with Crippen molar-refractivity contribution in [1.29, 1.82) is 0 Å². The molecule has 0 radical (unpaired) electrons. The Labute approximate surface area is 97.0 Å². The molecule has 0 saturated carbocycles. The first-order valence-electron chi connectivity index (χ1n) is 5.37. The van der Waals surface area contributed by atoms with Gasteiger partial charge in [-0.1, -0.05) is 0 Å². The zero-order valence-electron chi connectivity index (χ0n) is 9.20. The van der Waals surface area contributed by atoms with Crippen molar-refractivity contribution >= 4 is 17.6 Å². The Morgan fingerprint density at radius 3 is 2.94 bits per heavy atom. The van der Waals surface area contributed by atoms with E-state index in [4.69, 9.17) is 4.74 Å². The fraction of sp³-hybridized carbons (Fsp3) is 0.333. The highest BCUT2D eigenvalue weighted by molar-refractivity contribution is 6.07. The summed E-state index contributed by atoms with van der Waals surface area (Å²) in [6.07, 6.45) is 0.743. The molecule has 2 aliphatic rings. The Morgan fingerprint density at radius 2 is 2.18 bits per heavy atom. The van der Waals surface area contributed by atoms with Crippen LogP contribution in [0, 0.1) is 5.82 Å². The first-order valence-corrected chi connectivity index (χ1v) is 5.37. The minimum Gasteiger partial charge on any atom is -0.435 e. The van der Waals surface area contributed by atoms with Gasteiger partial charge in [0, 0.05) is 12.8 Å². The smallest absolute Gasteiger partial charge is 0.342 e. The monoisotopic (exact) mass is 235 g/mol. The second-order valence-corrected chi connectivity index (χ2v) is 4.46. The Kier molecular flexibility index (Phi) is 1.85. The van der Waals surface area contributed by atoms with Gasteiger partial charge in [0.2, 0.25) is 5.91 Å². The molecule has 88 valence electrons. The number of hydrogen-bond donors (Lipinski definition) is 0. The highest BCUT2D eigenvalue weighted by atomic mass is 19.1. The molecule has 4 nitrogen and oxygen atoms in total. The number of rotatable bonds is 0. The molecule has 2 aliphatic heterocycles. The topological polar surface area (TPSA) is 46.6 Å². The van der Waals surface area contributed by atoms with Crippen LogP contribution >= 0.6 is 0 Å². The molecule has 0 spiro atoms. The fourth-order valence-electron chi connectivity index (χ4n) is 2.43. The standard InChI is InChI=1S/C12H10FNO3/c1-12-5-4-10(15)14(12)9-6-7(13)2-3-8(9)11(16)17-12/h2-3,6H,4-5H2,1H3. The molecule has 17 heavy (non-hydrogen) atoms. The van der Waals surface area contributed by atoms with Gasteiger partial charge in [-0.3, -0.25) is 9.69 Å². The number of amides is 1. The second-order valence-electron chi connectivity index (χ2n) is 4.46. The Hall–Kier alpha value is -1.91. The third-order valence-electron chi connectivity index (χ3n) is 3.26. The second kappa shape index (κ2) is 3.06. The third kappa shape index (κ3) is 1.28. The van der Waals surface area contributed by atoms with Crippen LogP contribution in [0.15, 0.2) is 18.2 Å². The Balaban J connectivity index is 2.24. The number of anilines is 1. The van der Waals surface area contributed by atoms with Gasteiger partial charge >= 0.3 is 5.97 Å². The predicted molar refractivity (Wildman–Crippen MR) is 56.9 cm³/mol. The summed E-state index contributed by atoms with van der Waals surface area (Å²) in [5.41, 5.74) is -0.417. The molecular weight excluding hydrogens is 225 g/mol. The lowest BCUT2D eigenvalue weighted by atomic mass is 10.1. The summed E-state index contributed by atoms with van der Waals surface area (Å²) in [7, 11) is 0. The summed E-state index contributed by atoms with van der Waals surface area (Å²) < 4.78 is 18.5. The fourth-order valence-corrected chi connectivity index (χ4v) is 2.43. The van der Waals surface area contributed by atoms with Gasteiger partial charge in [0.25, 0.3) is 0 Å². The van der Waals surface area contributed by atoms with E-state index in [0.29, 0.717) is 18.5 Å². The SMILES string of the molecule is CC12CCC(=O)N1c1cc(F)ccc1C(=O)O2. The molecule has 0 N–H and O–H groups in total. The van der Waals surface area contributed by atoms with E-state index in [0.717, 1.165) is 0 Å². The third-order valence-corrected chi connectivity index (χ3v) is 3.26. The van der Waals surface area contributed by atoms with E-state index in [-0.39, 0.29) is 11.5 Å². The quantitative estimate of drug-likeness (QED) is 0.644. The average molecular weight is 235 g/mol. The number of carbonyl (C=O) groups excluding carboxylic acids is 2. The maximum atomic E-state index is 13.2. The molecule has 1 amide bonds. The van der Waals surface area contributed by atoms with Crippen LogP contribution in [0.25, 0.3) is 0 Å². The van der Waals surface area contributed by atoms with E-state index < -0.39 is 17.5 Å². The minimum absolute atomic E-state index is 0.146. The van der Waals surface area contributed by atoms with Gasteiger partial charge in [0.15, 0.2) is 5.72 Å². The van der Waals surface area contributed by atoms with Crippen molar-refractivity contribution < 1.29 is 18.7 Å². The number of ether oxygens (including phenoxy) is 1. The number of fused-ring (bicyclic) bond motifs is 3. The van der Waals surface area contributed by atoms with Crippen molar-refractivity contribution in [2.45, 2.75) is 25.5 Å². The highest BCUT2D eigenvalue weighted by Gasteiger charge is 2.50. The van der Waals surface area contributed by atoms with Crippen LogP contribution in [0.3, 0.4) is 0 Å². The van der Waals surface area contributed by atoms with E-state index in [1.165, 1.54) is 23.1 Å².